The number of aryl methyl sites for hydroxylation is 1. The second-order valence-corrected chi connectivity index (χ2v) is 7.93. The van der Waals surface area contributed by atoms with E-state index < -0.39 is 18.9 Å². The number of carbonyl (C=O) groups is 1. The Labute approximate surface area is 215 Å². The van der Waals surface area contributed by atoms with Crippen LogP contribution in [0.5, 0.6) is 23.0 Å². The van der Waals surface area contributed by atoms with Crippen LogP contribution in [0.1, 0.15) is 11.4 Å². The largest absolute Gasteiger partial charge is 0.573 e. The van der Waals surface area contributed by atoms with Gasteiger partial charge in [0.2, 0.25) is 0 Å². The van der Waals surface area contributed by atoms with Gasteiger partial charge in [-0.15, -0.1) is 18.3 Å². The van der Waals surface area contributed by atoms with Crippen LogP contribution in [0, 0.1) is 6.92 Å². The summed E-state index contributed by atoms with van der Waals surface area (Å²) >= 11 is 0. The Morgan fingerprint density at radius 3 is 2.21 bits per heavy atom. The number of methoxy groups -OCH3 is 1. The number of hydrogen-bond acceptors (Lipinski definition) is 7. The van der Waals surface area contributed by atoms with Gasteiger partial charge in [0.15, 0.2) is 18.3 Å². The van der Waals surface area contributed by atoms with Crippen molar-refractivity contribution in [1.29, 1.82) is 0 Å². The fraction of sp³-hybridized carbons (Fsp3) is 0.192. The lowest BCUT2D eigenvalue weighted by Crippen LogP contribution is -2.17. The minimum atomic E-state index is -4.80. The number of aliphatic carboxylic acids is 1. The molecule has 0 unspecified atom stereocenters. The molecule has 0 aliphatic heterocycles. The van der Waals surface area contributed by atoms with Crippen molar-refractivity contribution >= 4 is 5.97 Å². The van der Waals surface area contributed by atoms with Gasteiger partial charge in [0.05, 0.1) is 12.8 Å². The zero-order chi connectivity index (χ0) is 27.3. The first-order valence-electron chi connectivity index (χ1n) is 11.2. The van der Waals surface area contributed by atoms with Gasteiger partial charge in [-0.2, -0.15) is 0 Å². The Kier molecular flexibility index (Phi) is 7.70. The van der Waals surface area contributed by atoms with Crippen molar-refractivity contribution in [3.8, 4) is 40.1 Å². The number of aromatic nitrogens is 3. The predicted octanol–water partition coefficient (Wildman–Crippen LogP) is 5.19. The van der Waals surface area contributed by atoms with Crippen LogP contribution in [-0.4, -0.2) is 45.9 Å². The van der Waals surface area contributed by atoms with Crippen LogP contribution in [0.2, 0.25) is 0 Å². The normalized spacial score (nSPS) is 11.2. The number of carboxylic acid groups (broad SMARTS) is 1. The van der Waals surface area contributed by atoms with E-state index in [4.69, 9.17) is 19.3 Å². The zero-order valence-electron chi connectivity index (χ0n) is 20.2. The van der Waals surface area contributed by atoms with Gasteiger partial charge in [0, 0.05) is 5.56 Å². The van der Waals surface area contributed by atoms with Gasteiger partial charge >= 0.3 is 12.3 Å². The molecule has 0 fully saturated rings. The van der Waals surface area contributed by atoms with Gasteiger partial charge in [0.1, 0.15) is 29.6 Å². The maximum atomic E-state index is 12.6. The number of nitrogens with zero attached hydrogens (tertiary/aromatic N) is 3. The number of carboxylic acids is 1. The molecule has 0 atom stereocenters. The molecule has 198 valence electrons. The maximum Gasteiger partial charge on any atom is 0.573 e. The molecule has 4 rings (SSSR count). The first-order valence-corrected chi connectivity index (χ1v) is 11.2. The van der Waals surface area contributed by atoms with E-state index in [1.165, 1.54) is 28.9 Å². The molecule has 1 N–H and O–H groups in total. The number of rotatable bonds is 10. The van der Waals surface area contributed by atoms with Crippen LogP contribution in [0.4, 0.5) is 13.2 Å². The fourth-order valence-corrected chi connectivity index (χ4v) is 3.47. The lowest BCUT2D eigenvalue weighted by Gasteiger charge is -2.10. The molecule has 0 amide bonds. The summed E-state index contributed by atoms with van der Waals surface area (Å²) in [5, 5.41) is 13.3. The van der Waals surface area contributed by atoms with E-state index >= 15 is 0 Å². The molecule has 9 nitrogen and oxygen atoms in total. The molecule has 0 aliphatic carbocycles. The van der Waals surface area contributed by atoms with Gasteiger partial charge in [-0.25, -0.2) is 14.5 Å². The highest BCUT2D eigenvalue weighted by Gasteiger charge is 2.31. The third kappa shape index (κ3) is 6.72. The number of halogens is 3. The second-order valence-electron chi connectivity index (χ2n) is 7.93. The summed E-state index contributed by atoms with van der Waals surface area (Å²) in [5.41, 5.74) is 1.83. The first-order chi connectivity index (χ1) is 18.1. The molecule has 0 saturated heterocycles. The number of ether oxygens (including phenoxy) is 4. The first kappa shape index (κ1) is 26.3. The molecule has 0 saturated carbocycles. The maximum absolute atomic E-state index is 12.6. The number of benzene rings is 3. The van der Waals surface area contributed by atoms with Crippen molar-refractivity contribution in [1.82, 2.24) is 14.8 Å². The second kappa shape index (κ2) is 11.1. The summed E-state index contributed by atoms with van der Waals surface area (Å²) < 4.78 is 59.4. The van der Waals surface area contributed by atoms with Crippen LogP contribution in [0.25, 0.3) is 17.1 Å². The van der Waals surface area contributed by atoms with Gasteiger partial charge in [0.25, 0.3) is 0 Å². The molecular formula is C26H22F3N3O6. The van der Waals surface area contributed by atoms with Gasteiger partial charge in [-0.05, 0) is 79.2 Å². The number of alkyl halides is 3. The Balaban J connectivity index is 1.59. The highest BCUT2D eigenvalue weighted by Crippen LogP contribution is 2.28. The summed E-state index contributed by atoms with van der Waals surface area (Å²) in [6.45, 7) is 1.28. The van der Waals surface area contributed by atoms with E-state index in [2.05, 4.69) is 14.8 Å². The molecule has 1 heterocycles. The Hall–Kier alpha value is -4.74. The molecular weight excluding hydrogens is 507 g/mol. The lowest BCUT2D eigenvalue weighted by molar-refractivity contribution is -0.274. The monoisotopic (exact) mass is 529 g/mol. The summed E-state index contributed by atoms with van der Waals surface area (Å²) in [6.07, 6.45) is -4.80. The Morgan fingerprint density at radius 2 is 1.61 bits per heavy atom. The molecule has 12 heteroatoms. The molecule has 0 bridgehead atoms. The van der Waals surface area contributed by atoms with Crippen LogP contribution >= 0.6 is 0 Å². The van der Waals surface area contributed by atoms with E-state index in [1.807, 2.05) is 0 Å². The van der Waals surface area contributed by atoms with E-state index in [9.17, 15) is 18.0 Å². The van der Waals surface area contributed by atoms with Crippen molar-refractivity contribution in [2.45, 2.75) is 19.9 Å². The third-order valence-electron chi connectivity index (χ3n) is 5.18. The van der Waals surface area contributed by atoms with Gasteiger partial charge < -0.3 is 24.1 Å². The molecule has 0 radical (unpaired) electrons. The van der Waals surface area contributed by atoms with Crippen molar-refractivity contribution < 1.29 is 42.0 Å². The highest BCUT2D eigenvalue weighted by molar-refractivity contribution is 5.68. The summed E-state index contributed by atoms with van der Waals surface area (Å²) in [5.74, 6) is 0.856. The Morgan fingerprint density at radius 1 is 0.947 bits per heavy atom. The lowest BCUT2D eigenvalue weighted by atomic mass is 10.2. The SMILES string of the molecule is COc1ccc(-c2nc(COc3ccc(OCC(=O)O)c(C)c3)nn2-c2ccc(OC(F)(F)F)cc2)cc1. The molecule has 3 aromatic carbocycles. The molecule has 38 heavy (non-hydrogen) atoms. The van der Waals surface area contributed by atoms with Crippen LogP contribution in [-0.2, 0) is 11.4 Å². The van der Waals surface area contributed by atoms with Crippen LogP contribution in [0.3, 0.4) is 0 Å². The third-order valence-corrected chi connectivity index (χ3v) is 5.18. The van der Waals surface area contributed by atoms with Crippen molar-refractivity contribution in [2.24, 2.45) is 0 Å². The van der Waals surface area contributed by atoms with Crippen molar-refractivity contribution in [2.75, 3.05) is 13.7 Å². The van der Waals surface area contributed by atoms with Crippen LogP contribution in [0.15, 0.2) is 66.7 Å². The van der Waals surface area contributed by atoms with E-state index in [0.717, 1.165) is 0 Å². The average Bonchev–Trinajstić information content (AvgIpc) is 3.30. The standard InChI is InChI=1S/C26H22F3N3O6/c1-16-13-21(11-12-22(16)37-15-24(33)34)36-14-23-30-25(17-3-7-19(35-2)8-4-17)32(31-23)18-5-9-20(10-6-18)38-26(27,28)29/h3-13H,14-15H2,1-2H3,(H,33,34). The summed E-state index contributed by atoms with van der Waals surface area (Å²) in [4.78, 5) is 15.3. The average molecular weight is 529 g/mol. The summed E-state index contributed by atoms with van der Waals surface area (Å²) in [7, 11) is 1.55. The molecule has 4 aromatic rings. The number of hydrogen-bond donors (Lipinski definition) is 1. The van der Waals surface area contributed by atoms with Crippen LogP contribution < -0.4 is 18.9 Å². The minimum absolute atomic E-state index is 0.0137. The smallest absolute Gasteiger partial charge is 0.497 e. The van der Waals surface area contributed by atoms with E-state index in [1.54, 1.807) is 56.5 Å². The van der Waals surface area contributed by atoms with E-state index in [0.29, 0.717) is 45.7 Å². The predicted molar refractivity (Wildman–Crippen MR) is 129 cm³/mol. The minimum Gasteiger partial charge on any atom is -0.497 e. The molecule has 0 spiro atoms. The topological polar surface area (TPSA) is 105 Å². The van der Waals surface area contributed by atoms with Gasteiger partial charge in [-0.1, -0.05) is 0 Å². The van der Waals surface area contributed by atoms with E-state index in [-0.39, 0.29) is 12.4 Å². The van der Waals surface area contributed by atoms with Crippen molar-refractivity contribution in [3.63, 3.8) is 0 Å². The highest BCUT2D eigenvalue weighted by atomic mass is 19.4. The fourth-order valence-electron chi connectivity index (χ4n) is 3.47. The summed E-state index contributed by atoms with van der Waals surface area (Å²) in [6, 6.07) is 17.2. The van der Waals surface area contributed by atoms with Gasteiger partial charge in [-0.3, -0.25) is 0 Å². The molecule has 0 aliphatic rings. The zero-order valence-corrected chi connectivity index (χ0v) is 20.2. The van der Waals surface area contributed by atoms with Crippen molar-refractivity contribution in [3.05, 3.63) is 78.1 Å². The quantitative estimate of drug-likeness (QED) is 0.299. The molecule has 1 aromatic heterocycles. The Bertz CT molecular complexity index is 1400.